The maximum Gasteiger partial charge on any atom is 0.0949 e. The van der Waals surface area contributed by atoms with E-state index in [4.69, 9.17) is 15.9 Å². The minimum Gasteiger partial charge on any atom is -0.390 e. The molecule has 0 aliphatic heterocycles. The lowest BCUT2D eigenvalue weighted by Gasteiger charge is -2.28. The first kappa shape index (κ1) is 6.99. The highest BCUT2D eigenvalue weighted by atomic mass is 16.3. The summed E-state index contributed by atoms with van der Waals surface area (Å²) < 4.78 is 0. The van der Waals surface area contributed by atoms with E-state index in [1.165, 1.54) is 0 Å². The van der Waals surface area contributed by atoms with Crippen molar-refractivity contribution in [3.8, 4) is 0 Å². The molecule has 1 rings (SSSR count). The van der Waals surface area contributed by atoms with E-state index < -0.39 is 12.2 Å². The van der Waals surface area contributed by atoms with Crippen molar-refractivity contribution in [2.75, 3.05) is 0 Å². The third kappa shape index (κ3) is 1.41. The molecule has 0 unspecified atom stereocenters. The first-order chi connectivity index (χ1) is 4.22. The van der Waals surface area contributed by atoms with Crippen molar-refractivity contribution in [2.24, 2.45) is 5.73 Å². The Morgan fingerprint density at radius 3 is 2.33 bits per heavy atom. The van der Waals surface area contributed by atoms with E-state index in [9.17, 15) is 0 Å². The van der Waals surface area contributed by atoms with Gasteiger partial charge in [-0.3, -0.25) is 0 Å². The van der Waals surface area contributed by atoms with Crippen LogP contribution in [0, 0.1) is 0 Å². The zero-order chi connectivity index (χ0) is 6.85. The van der Waals surface area contributed by atoms with Crippen molar-refractivity contribution in [1.29, 1.82) is 0 Å². The molecule has 0 bridgehead atoms. The molecule has 0 aromatic rings. The van der Waals surface area contributed by atoms with Gasteiger partial charge in [-0.15, -0.1) is 0 Å². The molecule has 3 nitrogen and oxygen atoms in total. The fourth-order valence-corrected chi connectivity index (χ4v) is 1.19. The Bertz CT molecular complexity index is 87.1. The lowest BCUT2D eigenvalue weighted by molar-refractivity contribution is -0.0205. The molecule has 3 atom stereocenters. The van der Waals surface area contributed by atoms with E-state index in [1.54, 1.807) is 0 Å². The van der Waals surface area contributed by atoms with Gasteiger partial charge in [0.1, 0.15) is 0 Å². The van der Waals surface area contributed by atoms with Gasteiger partial charge in [-0.1, -0.05) is 0 Å². The molecule has 1 saturated carbocycles. The summed E-state index contributed by atoms with van der Waals surface area (Å²) in [7, 11) is 0. The van der Waals surface area contributed by atoms with Crippen LogP contribution in [0.1, 0.15) is 19.3 Å². The second-order valence-electron chi connectivity index (χ2n) is 2.65. The standard InChI is InChI=1S/C6H13NO2/c7-4-2-1-3-5(8)6(4)9/h4-6,8-9H,1-3,7H2/t4-,5+,6-/m1/s1. The zero-order valence-corrected chi connectivity index (χ0v) is 5.33. The summed E-state index contributed by atoms with van der Waals surface area (Å²) in [4.78, 5) is 0. The average Bonchev–Trinajstić information content (AvgIpc) is 1.83. The van der Waals surface area contributed by atoms with Gasteiger partial charge in [0, 0.05) is 6.04 Å². The molecule has 0 saturated heterocycles. The Labute approximate surface area is 54.5 Å². The van der Waals surface area contributed by atoms with Crippen LogP contribution in [0.4, 0.5) is 0 Å². The van der Waals surface area contributed by atoms with Crippen molar-refractivity contribution in [2.45, 2.75) is 37.5 Å². The van der Waals surface area contributed by atoms with Crippen LogP contribution in [0.25, 0.3) is 0 Å². The largest absolute Gasteiger partial charge is 0.390 e. The van der Waals surface area contributed by atoms with Gasteiger partial charge in [-0.25, -0.2) is 0 Å². The minimum atomic E-state index is -0.696. The van der Waals surface area contributed by atoms with Crippen molar-refractivity contribution in [3.63, 3.8) is 0 Å². The molecular weight excluding hydrogens is 118 g/mol. The SMILES string of the molecule is N[C@@H]1CCC[C@H](O)[C@@H]1O. The summed E-state index contributed by atoms with van der Waals surface area (Å²) >= 11 is 0. The third-order valence-electron chi connectivity index (χ3n) is 1.87. The van der Waals surface area contributed by atoms with E-state index in [0.717, 1.165) is 12.8 Å². The van der Waals surface area contributed by atoms with Crippen molar-refractivity contribution in [1.82, 2.24) is 0 Å². The molecule has 3 heteroatoms. The number of hydrogen-bond acceptors (Lipinski definition) is 3. The second-order valence-corrected chi connectivity index (χ2v) is 2.65. The van der Waals surface area contributed by atoms with Crippen molar-refractivity contribution < 1.29 is 10.2 Å². The smallest absolute Gasteiger partial charge is 0.0949 e. The van der Waals surface area contributed by atoms with Gasteiger partial charge in [0.2, 0.25) is 0 Å². The van der Waals surface area contributed by atoms with E-state index in [2.05, 4.69) is 0 Å². The first-order valence-electron chi connectivity index (χ1n) is 3.33. The Kier molecular flexibility index (Phi) is 2.05. The number of hydrogen-bond donors (Lipinski definition) is 3. The van der Waals surface area contributed by atoms with Gasteiger partial charge in [-0.05, 0) is 19.3 Å². The van der Waals surface area contributed by atoms with Crippen LogP contribution < -0.4 is 5.73 Å². The van der Waals surface area contributed by atoms with Gasteiger partial charge in [0.15, 0.2) is 0 Å². The molecule has 9 heavy (non-hydrogen) atoms. The molecule has 0 spiro atoms. The Morgan fingerprint density at radius 2 is 1.89 bits per heavy atom. The molecule has 0 radical (unpaired) electrons. The van der Waals surface area contributed by atoms with Crippen LogP contribution in [0.3, 0.4) is 0 Å². The molecule has 0 aromatic heterocycles. The topological polar surface area (TPSA) is 66.5 Å². The van der Waals surface area contributed by atoms with Gasteiger partial charge in [0.25, 0.3) is 0 Å². The number of aliphatic hydroxyl groups excluding tert-OH is 2. The Morgan fingerprint density at radius 1 is 1.22 bits per heavy atom. The number of aliphatic hydroxyl groups is 2. The molecule has 1 fully saturated rings. The quantitative estimate of drug-likeness (QED) is 0.404. The lowest BCUT2D eigenvalue weighted by atomic mass is 9.91. The monoisotopic (exact) mass is 131 g/mol. The van der Waals surface area contributed by atoms with Crippen LogP contribution in [-0.4, -0.2) is 28.5 Å². The van der Waals surface area contributed by atoms with Crippen LogP contribution in [-0.2, 0) is 0 Å². The van der Waals surface area contributed by atoms with Crippen LogP contribution in [0.2, 0.25) is 0 Å². The van der Waals surface area contributed by atoms with E-state index in [-0.39, 0.29) is 6.04 Å². The Hall–Kier alpha value is -0.120. The van der Waals surface area contributed by atoms with E-state index in [1.807, 2.05) is 0 Å². The third-order valence-corrected chi connectivity index (χ3v) is 1.87. The van der Waals surface area contributed by atoms with E-state index >= 15 is 0 Å². The summed E-state index contributed by atoms with van der Waals surface area (Å²) in [6, 6.07) is -0.214. The van der Waals surface area contributed by atoms with Crippen LogP contribution in [0.15, 0.2) is 0 Å². The molecule has 1 aliphatic rings. The van der Waals surface area contributed by atoms with Gasteiger partial charge in [0.05, 0.1) is 12.2 Å². The number of nitrogens with two attached hydrogens (primary N) is 1. The lowest BCUT2D eigenvalue weighted by Crippen LogP contribution is -2.46. The number of rotatable bonds is 0. The minimum absolute atomic E-state index is 0.214. The van der Waals surface area contributed by atoms with Crippen LogP contribution >= 0.6 is 0 Å². The molecular formula is C6H13NO2. The zero-order valence-electron chi connectivity index (χ0n) is 5.33. The maximum absolute atomic E-state index is 9.07. The fraction of sp³-hybridized carbons (Fsp3) is 1.00. The molecule has 4 N–H and O–H groups in total. The van der Waals surface area contributed by atoms with Gasteiger partial charge < -0.3 is 15.9 Å². The Balaban J connectivity index is 2.41. The molecule has 0 aromatic carbocycles. The van der Waals surface area contributed by atoms with E-state index in [0.29, 0.717) is 6.42 Å². The highest BCUT2D eigenvalue weighted by Gasteiger charge is 2.26. The van der Waals surface area contributed by atoms with Gasteiger partial charge >= 0.3 is 0 Å². The van der Waals surface area contributed by atoms with Crippen LogP contribution in [0.5, 0.6) is 0 Å². The van der Waals surface area contributed by atoms with Crippen molar-refractivity contribution in [3.05, 3.63) is 0 Å². The first-order valence-corrected chi connectivity index (χ1v) is 3.33. The average molecular weight is 131 g/mol. The predicted octanol–water partition coefficient (Wildman–Crippen LogP) is -0.781. The van der Waals surface area contributed by atoms with Gasteiger partial charge in [-0.2, -0.15) is 0 Å². The summed E-state index contributed by atoms with van der Waals surface area (Å²) in [6.45, 7) is 0. The summed E-state index contributed by atoms with van der Waals surface area (Å²) in [5, 5.41) is 18.1. The normalized spacial score (nSPS) is 45.0. The second kappa shape index (κ2) is 2.64. The highest BCUT2D eigenvalue weighted by molar-refractivity contribution is 4.83. The summed E-state index contributed by atoms with van der Waals surface area (Å²) in [6.07, 6.45) is 1.17. The molecule has 0 amide bonds. The predicted molar refractivity (Wildman–Crippen MR) is 33.8 cm³/mol. The highest BCUT2D eigenvalue weighted by Crippen LogP contribution is 2.16. The molecule has 0 heterocycles. The summed E-state index contributed by atoms with van der Waals surface area (Å²) in [5.74, 6) is 0. The van der Waals surface area contributed by atoms with Crippen molar-refractivity contribution >= 4 is 0 Å². The fourth-order valence-electron chi connectivity index (χ4n) is 1.19. The molecule has 1 aliphatic carbocycles. The maximum atomic E-state index is 9.07. The molecule has 54 valence electrons. The summed E-state index contributed by atoms with van der Waals surface area (Å²) in [5.41, 5.74) is 5.46.